The maximum Gasteiger partial charge on any atom is 0.143 e. The molecule has 51 heavy (non-hydrogen) atoms. The van der Waals surface area contributed by atoms with E-state index in [9.17, 15) is 0 Å². The predicted octanol–water partition coefficient (Wildman–Crippen LogP) is 13.8. The molecule has 242 valence electrons. The summed E-state index contributed by atoms with van der Waals surface area (Å²) in [6, 6.07) is 63.6. The van der Waals surface area contributed by atoms with Gasteiger partial charge in [0.15, 0.2) is 0 Å². The minimum Gasteiger partial charge on any atom is -0.455 e. The van der Waals surface area contributed by atoms with Gasteiger partial charge in [0.25, 0.3) is 0 Å². The van der Waals surface area contributed by atoms with Gasteiger partial charge in [0.05, 0.1) is 11.4 Å². The number of furan rings is 1. The highest BCUT2D eigenvalue weighted by molar-refractivity contribution is 6.19. The maximum absolute atomic E-state index is 6.54. The lowest BCUT2D eigenvalue weighted by molar-refractivity contribution is 0.661. The Kier molecular flexibility index (Phi) is 6.56. The van der Waals surface area contributed by atoms with E-state index >= 15 is 0 Å². The lowest BCUT2D eigenvalue weighted by Gasteiger charge is -2.33. The van der Waals surface area contributed by atoms with Crippen molar-refractivity contribution in [2.24, 2.45) is 0 Å². The number of nitrogens with zero attached hydrogens (tertiary/aromatic N) is 1. The Hall–Kier alpha value is -6.38. The van der Waals surface area contributed by atoms with Crippen LogP contribution in [-0.2, 0) is 5.41 Å². The van der Waals surface area contributed by atoms with E-state index in [-0.39, 0.29) is 5.41 Å². The van der Waals surface area contributed by atoms with E-state index in [0.717, 1.165) is 44.3 Å². The molecule has 2 nitrogen and oxygen atoms in total. The number of rotatable bonds is 5. The van der Waals surface area contributed by atoms with Crippen LogP contribution in [-0.4, -0.2) is 0 Å². The standard InChI is InChI=1S/C49H35NO/c1-49(2)42-22-10-8-19-39(42)40-21-12-24-44(47(40)49)50(43-23-11-9-17-36(43)32-14-4-3-5-15-32)35-29-26-34(27-30-35)37-20-13-25-45-46(37)41-31-28-33-16-6-7-18-38(33)48(41)51-45/h3-31H,1-2H3. The first-order valence-electron chi connectivity index (χ1n) is 17.7. The summed E-state index contributed by atoms with van der Waals surface area (Å²) in [6.07, 6.45) is 0. The van der Waals surface area contributed by atoms with Gasteiger partial charge >= 0.3 is 0 Å². The Balaban J connectivity index is 1.18. The summed E-state index contributed by atoms with van der Waals surface area (Å²) in [5, 5.41) is 4.62. The molecule has 0 saturated carbocycles. The number of anilines is 3. The number of hydrogen-bond acceptors (Lipinski definition) is 2. The molecule has 9 aromatic rings. The summed E-state index contributed by atoms with van der Waals surface area (Å²) in [6.45, 7) is 4.73. The zero-order chi connectivity index (χ0) is 34.1. The van der Waals surface area contributed by atoms with Gasteiger partial charge in [0.2, 0.25) is 0 Å². The van der Waals surface area contributed by atoms with Crippen LogP contribution in [0, 0.1) is 0 Å². The lowest BCUT2D eigenvalue weighted by atomic mass is 9.81. The molecule has 0 bridgehead atoms. The molecular weight excluding hydrogens is 619 g/mol. The van der Waals surface area contributed by atoms with Gasteiger partial charge < -0.3 is 9.32 Å². The molecule has 0 unspecified atom stereocenters. The van der Waals surface area contributed by atoms with E-state index in [1.54, 1.807) is 0 Å². The van der Waals surface area contributed by atoms with Crippen molar-refractivity contribution in [3.05, 3.63) is 187 Å². The van der Waals surface area contributed by atoms with E-state index < -0.39 is 0 Å². The largest absolute Gasteiger partial charge is 0.455 e. The summed E-state index contributed by atoms with van der Waals surface area (Å²) in [5.74, 6) is 0. The molecule has 1 aliphatic carbocycles. The average Bonchev–Trinajstić information content (AvgIpc) is 3.69. The fourth-order valence-corrected chi connectivity index (χ4v) is 8.53. The second-order valence-corrected chi connectivity index (χ2v) is 14.1. The van der Waals surface area contributed by atoms with Crippen molar-refractivity contribution in [2.75, 3.05) is 4.90 Å². The maximum atomic E-state index is 6.54. The first-order chi connectivity index (χ1) is 25.1. The molecule has 0 N–H and O–H groups in total. The van der Waals surface area contributed by atoms with E-state index in [1.807, 2.05) is 0 Å². The number of benzene rings is 8. The van der Waals surface area contributed by atoms with Crippen LogP contribution in [0.2, 0.25) is 0 Å². The second-order valence-electron chi connectivity index (χ2n) is 14.1. The molecule has 0 aliphatic heterocycles. The van der Waals surface area contributed by atoms with Gasteiger partial charge in [-0.05, 0) is 80.7 Å². The van der Waals surface area contributed by atoms with Gasteiger partial charge in [0, 0.05) is 32.8 Å². The van der Waals surface area contributed by atoms with E-state index in [2.05, 4.69) is 195 Å². The smallest absolute Gasteiger partial charge is 0.143 e. The summed E-state index contributed by atoms with van der Waals surface area (Å²) < 4.78 is 6.54. The van der Waals surface area contributed by atoms with Crippen LogP contribution in [0.5, 0.6) is 0 Å². The van der Waals surface area contributed by atoms with Crippen LogP contribution in [0.15, 0.2) is 180 Å². The Bertz CT molecular complexity index is 2770. The Morgan fingerprint density at radius 2 is 1.10 bits per heavy atom. The van der Waals surface area contributed by atoms with Gasteiger partial charge in [-0.25, -0.2) is 0 Å². The summed E-state index contributed by atoms with van der Waals surface area (Å²) in [7, 11) is 0. The molecule has 1 aromatic heterocycles. The Morgan fingerprint density at radius 1 is 0.451 bits per heavy atom. The molecule has 1 aliphatic rings. The molecule has 0 fully saturated rings. The summed E-state index contributed by atoms with van der Waals surface area (Å²) in [5.41, 5.74) is 15.2. The average molecular weight is 654 g/mol. The molecule has 0 atom stereocenters. The highest BCUT2D eigenvalue weighted by Gasteiger charge is 2.39. The van der Waals surface area contributed by atoms with Crippen molar-refractivity contribution in [1.29, 1.82) is 0 Å². The fourth-order valence-electron chi connectivity index (χ4n) is 8.53. The number of fused-ring (bicyclic) bond motifs is 8. The quantitative estimate of drug-likeness (QED) is 0.184. The van der Waals surface area contributed by atoms with Crippen LogP contribution in [0.3, 0.4) is 0 Å². The van der Waals surface area contributed by atoms with E-state index in [1.165, 1.54) is 50.0 Å². The van der Waals surface area contributed by atoms with E-state index in [0.29, 0.717) is 0 Å². The summed E-state index contributed by atoms with van der Waals surface area (Å²) >= 11 is 0. The van der Waals surface area contributed by atoms with Crippen molar-refractivity contribution in [3.63, 3.8) is 0 Å². The zero-order valence-electron chi connectivity index (χ0n) is 28.6. The summed E-state index contributed by atoms with van der Waals surface area (Å²) in [4.78, 5) is 2.47. The van der Waals surface area contributed by atoms with Crippen LogP contribution in [0.1, 0.15) is 25.0 Å². The molecule has 0 radical (unpaired) electrons. The van der Waals surface area contributed by atoms with Crippen LogP contribution < -0.4 is 4.90 Å². The van der Waals surface area contributed by atoms with Crippen molar-refractivity contribution in [1.82, 2.24) is 0 Å². The van der Waals surface area contributed by atoms with Gasteiger partial charge in [-0.3, -0.25) is 0 Å². The van der Waals surface area contributed by atoms with Gasteiger partial charge in [0.1, 0.15) is 11.2 Å². The highest BCUT2D eigenvalue weighted by Crippen LogP contribution is 2.55. The number of para-hydroxylation sites is 1. The Morgan fingerprint density at radius 3 is 1.96 bits per heavy atom. The van der Waals surface area contributed by atoms with Crippen LogP contribution in [0.4, 0.5) is 17.1 Å². The second kappa shape index (κ2) is 11.3. The van der Waals surface area contributed by atoms with Crippen LogP contribution >= 0.6 is 0 Å². The predicted molar refractivity (Wildman–Crippen MR) is 214 cm³/mol. The Labute approximate surface area is 297 Å². The molecule has 8 aromatic carbocycles. The SMILES string of the molecule is CC1(C)c2ccccc2-c2cccc(N(c3ccc(-c4cccc5oc6c7ccccc7ccc6c45)cc3)c3ccccc3-c3ccccc3)c21. The molecule has 0 amide bonds. The van der Waals surface area contributed by atoms with Gasteiger partial charge in [-0.1, -0.05) is 153 Å². The van der Waals surface area contributed by atoms with Crippen molar-refractivity contribution < 1.29 is 4.42 Å². The van der Waals surface area contributed by atoms with Crippen LogP contribution in [0.25, 0.3) is 66.1 Å². The third-order valence-electron chi connectivity index (χ3n) is 10.9. The molecule has 2 heteroatoms. The van der Waals surface area contributed by atoms with Gasteiger partial charge in [-0.2, -0.15) is 0 Å². The highest BCUT2D eigenvalue weighted by atomic mass is 16.3. The molecule has 0 spiro atoms. The van der Waals surface area contributed by atoms with E-state index in [4.69, 9.17) is 4.42 Å². The zero-order valence-corrected chi connectivity index (χ0v) is 28.6. The molecular formula is C49H35NO. The third kappa shape index (κ3) is 4.50. The molecule has 1 heterocycles. The number of hydrogen-bond donors (Lipinski definition) is 0. The molecule has 10 rings (SSSR count). The first kappa shape index (κ1) is 29.5. The van der Waals surface area contributed by atoms with Crippen molar-refractivity contribution >= 4 is 49.8 Å². The monoisotopic (exact) mass is 653 g/mol. The van der Waals surface area contributed by atoms with Crippen molar-refractivity contribution in [3.8, 4) is 33.4 Å². The lowest BCUT2D eigenvalue weighted by Crippen LogP contribution is -2.21. The minimum absolute atomic E-state index is 0.176. The van der Waals surface area contributed by atoms with Gasteiger partial charge in [-0.15, -0.1) is 0 Å². The third-order valence-corrected chi connectivity index (χ3v) is 10.9. The first-order valence-corrected chi connectivity index (χ1v) is 17.7. The fraction of sp³-hybridized carbons (Fsp3) is 0.0612. The van der Waals surface area contributed by atoms with Crippen molar-refractivity contribution in [2.45, 2.75) is 19.3 Å². The molecule has 0 saturated heterocycles. The topological polar surface area (TPSA) is 16.4 Å². The minimum atomic E-state index is -0.176. The normalized spacial score (nSPS) is 13.1.